The first-order chi connectivity index (χ1) is 13.1. The SMILES string of the molecule is CCCCN(C)C(=O)COC(=O)c1ccccc1-c1nc2ccccc2s1. The number of hydrogen-bond acceptors (Lipinski definition) is 5. The Balaban J connectivity index is 1.75. The number of amides is 1. The second kappa shape index (κ2) is 8.77. The predicted molar refractivity (Wildman–Crippen MR) is 108 cm³/mol. The van der Waals surface area contributed by atoms with E-state index in [2.05, 4.69) is 11.9 Å². The van der Waals surface area contributed by atoms with Crippen LogP contribution in [0.2, 0.25) is 0 Å². The molecule has 0 radical (unpaired) electrons. The molecule has 3 rings (SSSR count). The quantitative estimate of drug-likeness (QED) is 0.569. The number of hydrogen-bond donors (Lipinski definition) is 0. The number of thiazole rings is 1. The lowest BCUT2D eigenvalue weighted by Gasteiger charge is -2.16. The fraction of sp³-hybridized carbons (Fsp3) is 0.286. The highest BCUT2D eigenvalue weighted by Gasteiger charge is 2.18. The van der Waals surface area contributed by atoms with Crippen LogP contribution in [0, 0.1) is 0 Å². The first-order valence-corrected chi connectivity index (χ1v) is 9.78. The number of unbranched alkanes of at least 4 members (excludes halogenated alkanes) is 1. The van der Waals surface area contributed by atoms with E-state index in [9.17, 15) is 9.59 Å². The van der Waals surface area contributed by atoms with E-state index in [1.807, 2.05) is 36.4 Å². The number of carbonyl (C=O) groups is 2. The Morgan fingerprint density at radius 3 is 2.63 bits per heavy atom. The first kappa shape index (κ1) is 19.0. The summed E-state index contributed by atoms with van der Waals surface area (Å²) in [5.41, 5.74) is 2.03. The van der Waals surface area contributed by atoms with Crippen LogP contribution in [0.3, 0.4) is 0 Å². The molecule has 0 aliphatic rings. The number of esters is 1. The van der Waals surface area contributed by atoms with Gasteiger partial charge in [0.25, 0.3) is 5.91 Å². The lowest BCUT2D eigenvalue weighted by Crippen LogP contribution is -2.32. The molecule has 27 heavy (non-hydrogen) atoms. The molecule has 0 N–H and O–H groups in total. The van der Waals surface area contributed by atoms with E-state index in [1.54, 1.807) is 24.1 Å². The average molecular weight is 382 g/mol. The number of para-hydroxylation sites is 1. The third-order valence-electron chi connectivity index (χ3n) is 4.27. The molecule has 1 aromatic heterocycles. The van der Waals surface area contributed by atoms with Crippen LogP contribution in [-0.4, -0.2) is 42.0 Å². The molecule has 2 aromatic carbocycles. The summed E-state index contributed by atoms with van der Waals surface area (Å²) in [6.07, 6.45) is 1.93. The van der Waals surface area contributed by atoms with Crippen molar-refractivity contribution in [2.45, 2.75) is 19.8 Å². The Bertz CT molecular complexity index is 918. The normalized spacial score (nSPS) is 10.7. The molecule has 3 aromatic rings. The third-order valence-corrected chi connectivity index (χ3v) is 5.34. The number of benzene rings is 2. The summed E-state index contributed by atoms with van der Waals surface area (Å²) in [5, 5.41) is 0.759. The summed E-state index contributed by atoms with van der Waals surface area (Å²) in [5.74, 6) is -0.712. The second-order valence-electron chi connectivity index (χ2n) is 6.28. The Kier molecular flexibility index (Phi) is 6.19. The lowest BCUT2D eigenvalue weighted by atomic mass is 10.1. The minimum absolute atomic E-state index is 0.200. The Morgan fingerprint density at radius 1 is 1.11 bits per heavy atom. The molecule has 0 bridgehead atoms. The van der Waals surface area contributed by atoms with E-state index in [0.29, 0.717) is 12.1 Å². The van der Waals surface area contributed by atoms with Crippen LogP contribution in [0.5, 0.6) is 0 Å². The van der Waals surface area contributed by atoms with Crippen molar-refractivity contribution in [1.82, 2.24) is 9.88 Å². The number of aromatic nitrogens is 1. The van der Waals surface area contributed by atoms with Crippen molar-refractivity contribution in [3.8, 4) is 10.6 Å². The fourth-order valence-corrected chi connectivity index (χ4v) is 3.68. The zero-order valence-electron chi connectivity index (χ0n) is 15.5. The molecule has 1 amide bonds. The second-order valence-corrected chi connectivity index (χ2v) is 7.31. The molecule has 0 aliphatic heterocycles. The van der Waals surface area contributed by atoms with E-state index in [4.69, 9.17) is 4.74 Å². The van der Waals surface area contributed by atoms with E-state index in [0.717, 1.165) is 33.6 Å². The van der Waals surface area contributed by atoms with Gasteiger partial charge in [0.2, 0.25) is 0 Å². The number of ether oxygens (including phenoxy) is 1. The van der Waals surface area contributed by atoms with Crippen molar-refractivity contribution in [3.05, 3.63) is 54.1 Å². The predicted octanol–water partition coefficient (Wildman–Crippen LogP) is 4.38. The molecule has 0 aliphatic carbocycles. The highest BCUT2D eigenvalue weighted by atomic mass is 32.1. The van der Waals surface area contributed by atoms with Crippen LogP contribution in [0.1, 0.15) is 30.1 Å². The van der Waals surface area contributed by atoms with Crippen molar-refractivity contribution in [3.63, 3.8) is 0 Å². The summed E-state index contributed by atoms with van der Waals surface area (Å²) in [7, 11) is 1.72. The lowest BCUT2D eigenvalue weighted by molar-refractivity contribution is -0.133. The molecule has 0 saturated heterocycles. The molecular formula is C21H22N2O3S. The van der Waals surface area contributed by atoms with Crippen molar-refractivity contribution >= 4 is 33.4 Å². The van der Waals surface area contributed by atoms with Crippen molar-refractivity contribution in [2.24, 2.45) is 0 Å². The summed E-state index contributed by atoms with van der Waals surface area (Å²) < 4.78 is 6.33. The third kappa shape index (κ3) is 4.52. The molecule has 5 nitrogen and oxygen atoms in total. The van der Waals surface area contributed by atoms with Crippen molar-refractivity contribution in [1.29, 1.82) is 0 Å². The van der Waals surface area contributed by atoms with Gasteiger partial charge in [-0.2, -0.15) is 0 Å². The average Bonchev–Trinajstić information content (AvgIpc) is 3.14. The van der Waals surface area contributed by atoms with Crippen LogP contribution >= 0.6 is 11.3 Å². The number of nitrogens with zero attached hydrogens (tertiary/aromatic N) is 2. The summed E-state index contributed by atoms with van der Waals surface area (Å²) in [6.45, 7) is 2.47. The maximum absolute atomic E-state index is 12.6. The molecule has 140 valence electrons. The monoisotopic (exact) mass is 382 g/mol. The zero-order chi connectivity index (χ0) is 19.2. The van der Waals surface area contributed by atoms with Crippen molar-refractivity contribution in [2.75, 3.05) is 20.2 Å². The van der Waals surface area contributed by atoms with Gasteiger partial charge in [0.05, 0.1) is 15.8 Å². The van der Waals surface area contributed by atoms with Gasteiger partial charge < -0.3 is 9.64 Å². The molecule has 0 saturated carbocycles. The summed E-state index contributed by atoms with van der Waals surface area (Å²) in [6, 6.07) is 15.0. The zero-order valence-corrected chi connectivity index (χ0v) is 16.3. The van der Waals surface area contributed by atoms with Crippen LogP contribution < -0.4 is 0 Å². The smallest absolute Gasteiger partial charge is 0.339 e. The number of likely N-dealkylation sites (N-methyl/N-ethyl adjacent to an activating group) is 1. The summed E-state index contributed by atoms with van der Waals surface area (Å²) in [4.78, 5) is 30.9. The van der Waals surface area contributed by atoms with Gasteiger partial charge in [0.15, 0.2) is 6.61 Å². The minimum Gasteiger partial charge on any atom is -0.452 e. The molecule has 1 heterocycles. The molecule has 0 unspecified atom stereocenters. The topological polar surface area (TPSA) is 59.5 Å². The van der Waals surface area contributed by atoms with Gasteiger partial charge in [0.1, 0.15) is 5.01 Å². The maximum atomic E-state index is 12.6. The molecule has 0 fully saturated rings. The number of rotatable bonds is 7. The Morgan fingerprint density at radius 2 is 1.85 bits per heavy atom. The van der Waals surface area contributed by atoms with Crippen molar-refractivity contribution < 1.29 is 14.3 Å². The van der Waals surface area contributed by atoms with Crippen LogP contribution in [0.4, 0.5) is 0 Å². The van der Waals surface area contributed by atoms with E-state index in [1.165, 1.54) is 11.3 Å². The van der Waals surface area contributed by atoms with Crippen LogP contribution in [0.15, 0.2) is 48.5 Å². The molecule has 0 atom stereocenters. The van der Waals surface area contributed by atoms with E-state index >= 15 is 0 Å². The highest BCUT2D eigenvalue weighted by molar-refractivity contribution is 7.21. The Hall–Kier alpha value is -2.73. The fourth-order valence-electron chi connectivity index (χ4n) is 2.67. The maximum Gasteiger partial charge on any atom is 0.339 e. The van der Waals surface area contributed by atoms with Gasteiger partial charge in [-0.1, -0.05) is 43.7 Å². The van der Waals surface area contributed by atoms with Gasteiger partial charge in [-0.15, -0.1) is 11.3 Å². The van der Waals surface area contributed by atoms with Gasteiger partial charge >= 0.3 is 5.97 Å². The molecule has 6 heteroatoms. The van der Waals surface area contributed by atoms with Gasteiger partial charge in [-0.25, -0.2) is 9.78 Å². The van der Waals surface area contributed by atoms with E-state index in [-0.39, 0.29) is 12.5 Å². The standard InChI is InChI=1S/C21H22N2O3S/c1-3-4-13-23(2)19(24)14-26-21(25)16-10-6-5-9-15(16)20-22-17-11-7-8-12-18(17)27-20/h5-12H,3-4,13-14H2,1-2H3. The number of fused-ring (bicyclic) bond motifs is 1. The highest BCUT2D eigenvalue weighted by Crippen LogP contribution is 2.32. The van der Waals surface area contributed by atoms with Gasteiger partial charge in [-0.05, 0) is 24.6 Å². The Labute approximate surface area is 162 Å². The molecule has 0 spiro atoms. The largest absolute Gasteiger partial charge is 0.452 e. The summed E-state index contributed by atoms with van der Waals surface area (Å²) >= 11 is 1.53. The minimum atomic E-state index is -0.512. The van der Waals surface area contributed by atoms with E-state index < -0.39 is 5.97 Å². The van der Waals surface area contributed by atoms with Gasteiger partial charge in [-0.3, -0.25) is 4.79 Å². The number of carbonyl (C=O) groups excluding carboxylic acids is 2. The first-order valence-electron chi connectivity index (χ1n) is 8.96. The molecular weight excluding hydrogens is 360 g/mol. The van der Waals surface area contributed by atoms with Crippen LogP contribution in [-0.2, 0) is 9.53 Å². The van der Waals surface area contributed by atoms with Crippen LogP contribution in [0.25, 0.3) is 20.8 Å². The van der Waals surface area contributed by atoms with Gasteiger partial charge in [0, 0.05) is 19.2 Å².